The predicted molar refractivity (Wildman–Crippen MR) is 94.1 cm³/mol. The molecule has 0 bridgehead atoms. The van der Waals surface area contributed by atoms with E-state index in [1.807, 2.05) is 42.5 Å². The van der Waals surface area contributed by atoms with E-state index in [0.29, 0.717) is 12.2 Å². The zero-order valence-corrected chi connectivity index (χ0v) is 13.8. The molecule has 1 atom stereocenters. The van der Waals surface area contributed by atoms with Crippen molar-refractivity contribution in [3.63, 3.8) is 0 Å². The third-order valence-electron chi connectivity index (χ3n) is 5.10. The molecule has 0 aromatic heterocycles. The topological polar surface area (TPSA) is 43.9 Å². The normalized spacial score (nSPS) is 22.1. The number of nitrogens with zero attached hydrogens (tertiary/aromatic N) is 3. The highest BCUT2D eigenvalue weighted by atomic mass is 16.2. The van der Waals surface area contributed by atoms with Gasteiger partial charge in [0.2, 0.25) is 0 Å². The Morgan fingerprint density at radius 2 is 1.71 bits per heavy atom. The Kier molecular flexibility index (Phi) is 3.73. The van der Waals surface area contributed by atoms with Crippen molar-refractivity contribution in [3.8, 4) is 0 Å². The van der Waals surface area contributed by atoms with Crippen LogP contribution in [0.1, 0.15) is 12.8 Å². The van der Waals surface area contributed by atoms with Crippen LogP contribution in [-0.4, -0.2) is 54.5 Å². The minimum absolute atomic E-state index is 0.120. The molecule has 2 saturated heterocycles. The Bertz CT molecular complexity index is 793. The maximum atomic E-state index is 13.0. The van der Waals surface area contributed by atoms with Gasteiger partial charge in [-0.3, -0.25) is 4.79 Å². The van der Waals surface area contributed by atoms with Crippen LogP contribution in [0, 0.1) is 0 Å². The number of imide groups is 1. The first-order valence-electron chi connectivity index (χ1n) is 8.48. The van der Waals surface area contributed by atoms with Crippen molar-refractivity contribution in [1.29, 1.82) is 0 Å². The number of carbonyl (C=O) groups excluding carboxylic acids is 2. The zero-order valence-electron chi connectivity index (χ0n) is 13.8. The first-order chi connectivity index (χ1) is 11.7. The molecule has 0 spiro atoms. The number of hydrogen-bond donors (Lipinski definition) is 0. The van der Waals surface area contributed by atoms with Gasteiger partial charge >= 0.3 is 6.03 Å². The molecule has 24 heavy (non-hydrogen) atoms. The van der Waals surface area contributed by atoms with Crippen LogP contribution in [0.3, 0.4) is 0 Å². The summed E-state index contributed by atoms with van der Waals surface area (Å²) in [5.41, 5.74) is 0.680. The van der Waals surface area contributed by atoms with Gasteiger partial charge in [0.05, 0.1) is 5.69 Å². The van der Waals surface area contributed by atoms with Crippen LogP contribution in [0.2, 0.25) is 0 Å². The lowest BCUT2D eigenvalue weighted by Crippen LogP contribution is -2.41. The van der Waals surface area contributed by atoms with Gasteiger partial charge in [-0.15, -0.1) is 0 Å². The van der Waals surface area contributed by atoms with Crippen LogP contribution in [0.25, 0.3) is 10.8 Å². The third-order valence-corrected chi connectivity index (χ3v) is 5.10. The quantitative estimate of drug-likeness (QED) is 0.816. The molecule has 2 fully saturated rings. The molecule has 2 heterocycles. The number of hydrogen-bond acceptors (Lipinski definition) is 3. The highest BCUT2D eigenvalue weighted by Crippen LogP contribution is 2.31. The largest absolute Gasteiger partial charge is 0.331 e. The number of likely N-dealkylation sites (tertiary alicyclic amines) is 1. The maximum Gasteiger partial charge on any atom is 0.331 e. The summed E-state index contributed by atoms with van der Waals surface area (Å²) in [6.07, 6.45) is 2.34. The summed E-state index contributed by atoms with van der Waals surface area (Å²) in [5.74, 6) is -0.120. The third kappa shape index (κ3) is 2.36. The van der Waals surface area contributed by atoms with Gasteiger partial charge in [0, 0.05) is 19.0 Å². The molecule has 2 aliphatic heterocycles. The summed E-state index contributed by atoms with van der Waals surface area (Å²) in [5, 5.41) is 1.96. The van der Waals surface area contributed by atoms with E-state index in [1.54, 1.807) is 11.9 Å². The summed E-state index contributed by atoms with van der Waals surface area (Å²) < 4.78 is 0. The molecule has 5 nitrogen and oxygen atoms in total. The highest BCUT2D eigenvalue weighted by Gasteiger charge is 2.45. The van der Waals surface area contributed by atoms with Crippen LogP contribution in [0.15, 0.2) is 42.5 Å². The van der Waals surface area contributed by atoms with Gasteiger partial charge in [0.1, 0.15) is 6.04 Å². The van der Waals surface area contributed by atoms with E-state index < -0.39 is 6.04 Å². The van der Waals surface area contributed by atoms with Crippen molar-refractivity contribution in [3.05, 3.63) is 42.5 Å². The minimum Gasteiger partial charge on any atom is -0.314 e. The Balaban J connectivity index is 1.69. The van der Waals surface area contributed by atoms with E-state index in [-0.39, 0.29) is 11.9 Å². The molecule has 2 aromatic rings. The fraction of sp³-hybridized carbons (Fsp3) is 0.368. The van der Waals surface area contributed by atoms with E-state index in [1.165, 1.54) is 17.7 Å². The van der Waals surface area contributed by atoms with Crippen molar-refractivity contribution < 1.29 is 9.59 Å². The SMILES string of the molecule is CN1C(=O)N(c2cccc3ccccc23)C(=O)C1CN1CCCC1. The molecule has 0 radical (unpaired) electrons. The van der Waals surface area contributed by atoms with Crippen LogP contribution < -0.4 is 4.90 Å². The van der Waals surface area contributed by atoms with Crippen molar-refractivity contribution in [1.82, 2.24) is 9.80 Å². The Morgan fingerprint density at radius 3 is 2.50 bits per heavy atom. The maximum absolute atomic E-state index is 13.0. The van der Waals surface area contributed by atoms with Gasteiger partial charge in [0.15, 0.2) is 0 Å². The van der Waals surface area contributed by atoms with Crippen molar-refractivity contribution in [2.75, 3.05) is 31.6 Å². The molecule has 2 aliphatic rings. The number of carbonyl (C=O) groups is 2. The van der Waals surface area contributed by atoms with Gasteiger partial charge in [-0.2, -0.15) is 0 Å². The van der Waals surface area contributed by atoms with Gasteiger partial charge in [-0.1, -0.05) is 36.4 Å². The van der Waals surface area contributed by atoms with E-state index in [4.69, 9.17) is 0 Å². The van der Waals surface area contributed by atoms with E-state index in [0.717, 1.165) is 23.9 Å². The molecule has 0 aliphatic carbocycles. The van der Waals surface area contributed by atoms with Crippen LogP contribution in [0.4, 0.5) is 10.5 Å². The van der Waals surface area contributed by atoms with Crippen LogP contribution in [-0.2, 0) is 4.79 Å². The number of amides is 3. The molecular formula is C19H21N3O2. The molecule has 1 unspecified atom stereocenters. The van der Waals surface area contributed by atoms with E-state index in [9.17, 15) is 9.59 Å². The number of benzene rings is 2. The number of fused-ring (bicyclic) bond motifs is 1. The molecule has 5 heteroatoms. The summed E-state index contributed by atoms with van der Waals surface area (Å²) in [6, 6.07) is 13.0. The van der Waals surface area contributed by atoms with Crippen molar-refractivity contribution in [2.24, 2.45) is 0 Å². The fourth-order valence-electron chi connectivity index (χ4n) is 3.74. The molecular weight excluding hydrogens is 302 g/mol. The number of rotatable bonds is 3. The summed E-state index contributed by atoms with van der Waals surface area (Å²) in [4.78, 5) is 31.0. The lowest BCUT2D eigenvalue weighted by atomic mass is 10.1. The Morgan fingerprint density at radius 1 is 1.00 bits per heavy atom. The Hall–Kier alpha value is -2.40. The summed E-state index contributed by atoms with van der Waals surface area (Å²) in [6.45, 7) is 2.66. The van der Waals surface area contributed by atoms with Gasteiger partial charge in [-0.25, -0.2) is 9.69 Å². The first kappa shape index (κ1) is 15.1. The van der Waals surface area contributed by atoms with E-state index >= 15 is 0 Å². The summed E-state index contributed by atoms with van der Waals surface area (Å²) in [7, 11) is 1.73. The highest BCUT2D eigenvalue weighted by molar-refractivity contribution is 6.24. The fourth-order valence-corrected chi connectivity index (χ4v) is 3.74. The zero-order chi connectivity index (χ0) is 16.7. The monoisotopic (exact) mass is 323 g/mol. The molecule has 3 amide bonds. The first-order valence-corrected chi connectivity index (χ1v) is 8.48. The molecule has 4 rings (SSSR count). The number of urea groups is 1. The van der Waals surface area contributed by atoms with Crippen molar-refractivity contribution in [2.45, 2.75) is 18.9 Å². The minimum atomic E-state index is -0.394. The second-order valence-corrected chi connectivity index (χ2v) is 6.59. The van der Waals surface area contributed by atoms with Crippen LogP contribution >= 0.6 is 0 Å². The lowest BCUT2D eigenvalue weighted by molar-refractivity contribution is -0.119. The lowest BCUT2D eigenvalue weighted by Gasteiger charge is -2.22. The molecule has 2 aromatic carbocycles. The van der Waals surface area contributed by atoms with Gasteiger partial charge < -0.3 is 9.80 Å². The van der Waals surface area contributed by atoms with Crippen LogP contribution in [0.5, 0.6) is 0 Å². The average molecular weight is 323 g/mol. The molecule has 124 valence electrons. The smallest absolute Gasteiger partial charge is 0.314 e. The van der Waals surface area contributed by atoms with Gasteiger partial charge in [-0.05, 0) is 37.4 Å². The molecule has 0 saturated carbocycles. The van der Waals surface area contributed by atoms with Crippen molar-refractivity contribution >= 4 is 28.4 Å². The second-order valence-electron chi connectivity index (χ2n) is 6.59. The standard InChI is InChI=1S/C19H21N3O2/c1-20-17(13-21-11-4-5-12-21)18(23)22(19(20)24)16-10-6-8-14-7-2-3-9-15(14)16/h2-3,6-10,17H,4-5,11-13H2,1H3. The number of anilines is 1. The second kappa shape index (κ2) is 5.91. The predicted octanol–water partition coefficient (Wildman–Crippen LogP) is 2.70. The van der Waals surface area contributed by atoms with E-state index in [2.05, 4.69) is 4.90 Å². The average Bonchev–Trinajstić information content (AvgIpc) is 3.18. The Labute approximate surface area is 141 Å². The van der Waals surface area contributed by atoms with Gasteiger partial charge in [0.25, 0.3) is 5.91 Å². The molecule has 0 N–H and O–H groups in total. The summed E-state index contributed by atoms with van der Waals surface area (Å²) >= 11 is 0. The number of likely N-dealkylation sites (N-methyl/N-ethyl adjacent to an activating group) is 1.